The number of nitrogens with zero attached hydrogens (tertiary/aromatic N) is 2. The van der Waals surface area contributed by atoms with Crippen LogP contribution in [0.4, 0.5) is 21.0 Å². The number of carbonyl (C=O) groups excluding carboxylic acids is 2. The summed E-state index contributed by atoms with van der Waals surface area (Å²) in [7, 11) is 0. The molecule has 0 saturated heterocycles. The molecule has 11 nitrogen and oxygen atoms in total. The summed E-state index contributed by atoms with van der Waals surface area (Å²) >= 11 is 0. The third-order valence-corrected chi connectivity index (χ3v) is 5.62. The van der Waals surface area contributed by atoms with Gasteiger partial charge in [0, 0.05) is 61.8 Å². The van der Waals surface area contributed by atoms with Gasteiger partial charge in [-0.05, 0) is 61.4 Å². The van der Waals surface area contributed by atoms with Crippen molar-refractivity contribution in [3.8, 4) is 0 Å². The van der Waals surface area contributed by atoms with Gasteiger partial charge in [0.25, 0.3) is 0 Å². The van der Waals surface area contributed by atoms with Crippen molar-refractivity contribution in [2.45, 2.75) is 18.9 Å². The van der Waals surface area contributed by atoms with Gasteiger partial charge in [0.05, 0.1) is 6.10 Å². The molecule has 2 heterocycles. The fourth-order valence-corrected chi connectivity index (χ4v) is 3.72. The molecule has 2 aromatic rings. The zero-order valence-electron chi connectivity index (χ0n) is 20.0. The lowest BCUT2D eigenvalue weighted by Crippen LogP contribution is -2.42. The lowest BCUT2D eigenvalue weighted by molar-refractivity contribution is 0.170. The predicted octanol–water partition coefficient (Wildman–Crippen LogP) is 1.47. The highest BCUT2D eigenvalue weighted by Gasteiger charge is 2.11. The normalized spacial score (nSPS) is 15.1. The van der Waals surface area contributed by atoms with E-state index in [0.29, 0.717) is 11.4 Å². The number of aliphatic hydroxyl groups is 1. The Balaban J connectivity index is 1.14. The Morgan fingerprint density at radius 3 is 1.53 bits per heavy atom. The van der Waals surface area contributed by atoms with Gasteiger partial charge >= 0.3 is 12.1 Å². The minimum atomic E-state index is -0.947. The van der Waals surface area contributed by atoms with Crippen LogP contribution in [0.2, 0.25) is 0 Å². The number of hydrogen-bond donors (Lipinski definition) is 7. The Kier molecular flexibility index (Phi) is 8.71. The fourth-order valence-electron chi connectivity index (χ4n) is 3.72. The van der Waals surface area contributed by atoms with Crippen molar-refractivity contribution in [3.05, 3.63) is 59.7 Å². The molecule has 190 valence electrons. The van der Waals surface area contributed by atoms with Gasteiger partial charge in [-0.25, -0.2) is 9.59 Å². The van der Waals surface area contributed by atoms with Crippen LogP contribution in [0.25, 0.3) is 0 Å². The van der Waals surface area contributed by atoms with Crippen molar-refractivity contribution in [2.24, 2.45) is 9.98 Å². The van der Waals surface area contributed by atoms with E-state index in [2.05, 4.69) is 41.9 Å². The van der Waals surface area contributed by atoms with E-state index >= 15 is 0 Å². The van der Waals surface area contributed by atoms with Crippen molar-refractivity contribution in [3.63, 3.8) is 0 Å². The number of aliphatic imine (C=N–C) groups is 2. The van der Waals surface area contributed by atoms with Crippen LogP contribution >= 0.6 is 0 Å². The Morgan fingerprint density at radius 1 is 0.750 bits per heavy atom. The van der Waals surface area contributed by atoms with E-state index in [1.54, 1.807) is 24.3 Å². The monoisotopic (exact) mass is 492 g/mol. The summed E-state index contributed by atoms with van der Waals surface area (Å²) in [5.74, 6) is 1.72. The molecule has 0 radical (unpaired) electrons. The van der Waals surface area contributed by atoms with Gasteiger partial charge in [0.1, 0.15) is 11.7 Å². The zero-order chi connectivity index (χ0) is 25.2. The molecular formula is C25H32N8O3. The predicted molar refractivity (Wildman–Crippen MR) is 141 cm³/mol. The van der Waals surface area contributed by atoms with Gasteiger partial charge in [0.2, 0.25) is 0 Å². The van der Waals surface area contributed by atoms with Gasteiger partial charge in [-0.15, -0.1) is 0 Å². The highest BCUT2D eigenvalue weighted by molar-refractivity contribution is 6.00. The van der Waals surface area contributed by atoms with E-state index in [-0.39, 0.29) is 13.1 Å². The minimum absolute atomic E-state index is 0.0191. The van der Waals surface area contributed by atoms with E-state index < -0.39 is 18.2 Å². The van der Waals surface area contributed by atoms with Gasteiger partial charge < -0.3 is 37.0 Å². The number of amides is 4. The molecular weight excluding hydrogens is 460 g/mol. The molecule has 11 heteroatoms. The second-order valence-corrected chi connectivity index (χ2v) is 8.50. The number of aliphatic hydroxyl groups excluding tert-OH is 1. The molecule has 0 bridgehead atoms. The topological polar surface area (TPSA) is 151 Å². The number of urea groups is 2. The number of nitrogens with one attached hydrogen (secondary N) is 6. The Morgan fingerprint density at radius 2 is 1.17 bits per heavy atom. The van der Waals surface area contributed by atoms with Crippen LogP contribution in [0.1, 0.15) is 24.0 Å². The lowest BCUT2D eigenvalue weighted by atomic mass is 10.1. The maximum absolute atomic E-state index is 12.1. The quantitative estimate of drug-likeness (QED) is 0.298. The lowest BCUT2D eigenvalue weighted by Gasteiger charge is -2.16. The maximum atomic E-state index is 12.1. The molecule has 4 amide bonds. The maximum Gasteiger partial charge on any atom is 0.319 e. The van der Waals surface area contributed by atoms with Crippen LogP contribution in [0.5, 0.6) is 0 Å². The van der Waals surface area contributed by atoms with Crippen molar-refractivity contribution < 1.29 is 14.7 Å². The van der Waals surface area contributed by atoms with Crippen LogP contribution in [-0.2, 0) is 0 Å². The summed E-state index contributed by atoms with van der Waals surface area (Å²) < 4.78 is 0. The molecule has 4 rings (SSSR count). The molecule has 0 fully saturated rings. The van der Waals surface area contributed by atoms with E-state index in [1.165, 1.54) is 0 Å². The second-order valence-electron chi connectivity index (χ2n) is 8.50. The zero-order valence-corrected chi connectivity index (χ0v) is 20.0. The number of hydrogen-bond acceptors (Lipinski definition) is 7. The molecule has 2 aliphatic rings. The van der Waals surface area contributed by atoms with Crippen LogP contribution in [0.3, 0.4) is 0 Å². The Hall–Kier alpha value is -4.12. The third-order valence-electron chi connectivity index (χ3n) is 5.62. The highest BCUT2D eigenvalue weighted by atomic mass is 16.3. The van der Waals surface area contributed by atoms with E-state index in [4.69, 9.17) is 0 Å². The SMILES string of the molecule is O=C(NCC(O)CNC(=O)Nc1ccc(C2=NCCCN2)cc1)Nc1ccc(C2=NCCCN2)cc1. The molecule has 0 aromatic heterocycles. The molecule has 0 aliphatic carbocycles. The number of amidine groups is 2. The smallest absolute Gasteiger partial charge is 0.319 e. The van der Waals surface area contributed by atoms with Crippen LogP contribution in [0.15, 0.2) is 58.5 Å². The Labute approximate surface area is 209 Å². The van der Waals surface area contributed by atoms with Crippen LogP contribution < -0.4 is 31.9 Å². The van der Waals surface area contributed by atoms with Crippen LogP contribution in [0, 0.1) is 0 Å². The van der Waals surface area contributed by atoms with E-state index in [1.807, 2.05) is 24.3 Å². The average molecular weight is 493 g/mol. The van der Waals surface area contributed by atoms with Crippen LogP contribution in [-0.4, -0.2) is 74.2 Å². The minimum Gasteiger partial charge on any atom is -0.389 e. The van der Waals surface area contributed by atoms with Gasteiger partial charge in [0.15, 0.2) is 0 Å². The van der Waals surface area contributed by atoms with Crippen molar-refractivity contribution in [1.29, 1.82) is 0 Å². The summed E-state index contributed by atoms with van der Waals surface area (Å²) in [5.41, 5.74) is 3.17. The molecule has 2 aliphatic heterocycles. The van der Waals surface area contributed by atoms with Crippen molar-refractivity contribution in [2.75, 3.05) is 49.9 Å². The number of carbonyl (C=O) groups is 2. The van der Waals surface area contributed by atoms with Gasteiger partial charge in [-0.1, -0.05) is 0 Å². The summed E-state index contributed by atoms with van der Waals surface area (Å²) in [4.78, 5) is 33.2. The van der Waals surface area contributed by atoms with E-state index in [0.717, 1.165) is 61.8 Å². The highest BCUT2D eigenvalue weighted by Crippen LogP contribution is 2.12. The van der Waals surface area contributed by atoms with E-state index in [9.17, 15) is 14.7 Å². The molecule has 7 N–H and O–H groups in total. The molecule has 0 atom stereocenters. The van der Waals surface area contributed by atoms with Crippen molar-refractivity contribution in [1.82, 2.24) is 21.3 Å². The van der Waals surface area contributed by atoms with Gasteiger partial charge in [-0.3, -0.25) is 9.98 Å². The van der Waals surface area contributed by atoms with Gasteiger partial charge in [-0.2, -0.15) is 0 Å². The molecule has 2 aromatic carbocycles. The summed E-state index contributed by atoms with van der Waals surface area (Å²) in [6.07, 6.45) is 1.10. The Bertz CT molecular complexity index is 1010. The summed E-state index contributed by atoms with van der Waals surface area (Å²) in [6.45, 7) is 3.39. The number of anilines is 2. The fraction of sp³-hybridized carbons (Fsp3) is 0.360. The summed E-state index contributed by atoms with van der Waals surface area (Å²) in [6, 6.07) is 13.8. The summed E-state index contributed by atoms with van der Waals surface area (Å²) in [5, 5.41) is 27.3. The second kappa shape index (κ2) is 12.5. The van der Waals surface area contributed by atoms with Crippen molar-refractivity contribution >= 4 is 35.1 Å². The molecule has 0 unspecified atom stereocenters. The first-order valence-electron chi connectivity index (χ1n) is 12.1. The number of benzene rings is 2. The third kappa shape index (κ3) is 7.44. The molecule has 36 heavy (non-hydrogen) atoms. The number of rotatable bonds is 8. The largest absolute Gasteiger partial charge is 0.389 e. The molecule has 0 saturated carbocycles. The standard InChI is InChI=1S/C25H32N8O3/c34-21(15-30-24(35)32-19-7-3-17(4-8-19)22-26-11-1-12-27-22)16-31-25(36)33-20-9-5-18(6-10-20)23-28-13-2-14-29-23/h3-10,21,34H,1-2,11-16H2,(H,26,27)(H,28,29)(H2,30,32,35)(H2,31,33,36). The first kappa shape index (κ1) is 25.0. The first-order chi connectivity index (χ1) is 17.6. The molecule has 0 spiro atoms. The average Bonchev–Trinajstić information content (AvgIpc) is 2.92. The first-order valence-corrected chi connectivity index (χ1v) is 12.1.